The molecule has 3 nitrogen and oxygen atoms in total. The van der Waals surface area contributed by atoms with E-state index in [9.17, 15) is 0 Å². The third-order valence-electron chi connectivity index (χ3n) is 1.52. The summed E-state index contributed by atoms with van der Waals surface area (Å²) in [5.41, 5.74) is 1.89. The molecule has 0 saturated carbocycles. The van der Waals surface area contributed by atoms with Crippen molar-refractivity contribution < 1.29 is 4.74 Å². The molecule has 0 atom stereocenters. The summed E-state index contributed by atoms with van der Waals surface area (Å²) in [6.45, 7) is 1.94. The van der Waals surface area contributed by atoms with Gasteiger partial charge in [0.15, 0.2) is 0 Å². The van der Waals surface area contributed by atoms with Crippen LogP contribution >= 0.6 is 0 Å². The number of ether oxygens (including phenoxy) is 1. The number of nitrogens with zero attached hydrogens (tertiary/aromatic N) is 2. The van der Waals surface area contributed by atoms with Crippen molar-refractivity contribution in [2.45, 2.75) is 13.3 Å². The Morgan fingerprint density at radius 2 is 2.42 bits per heavy atom. The maximum atomic E-state index is 8.50. The Labute approximate surface area is 71.6 Å². The molecule has 0 spiro atoms. The Kier molecular flexibility index (Phi) is 2.65. The van der Waals surface area contributed by atoms with Gasteiger partial charge in [-0.2, -0.15) is 5.26 Å². The maximum Gasteiger partial charge on any atom is 0.217 e. The number of rotatable bonds is 2. The summed E-state index contributed by atoms with van der Waals surface area (Å²) in [7, 11) is 1.55. The van der Waals surface area contributed by atoms with Crippen LogP contribution in [0.2, 0.25) is 0 Å². The molecule has 1 heterocycles. The van der Waals surface area contributed by atoms with Gasteiger partial charge in [-0.25, -0.2) is 4.98 Å². The number of hydrogen-bond donors (Lipinski definition) is 0. The van der Waals surface area contributed by atoms with Crippen LogP contribution in [0.3, 0.4) is 0 Å². The van der Waals surface area contributed by atoms with Gasteiger partial charge >= 0.3 is 0 Å². The van der Waals surface area contributed by atoms with Crippen molar-refractivity contribution in [1.82, 2.24) is 4.98 Å². The van der Waals surface area contributed by atoms with Crippen molar-refractivity contribution in [1.29, 1.82) is 5.26 Å². The standard InChI is InChI=1S/C9H10N2O/c1-7-5-8(3-4-10)9(12-2)11-6-7/h5-6H,3H2,1-2H3. The highest BCUT2D eigenvalue weighted by Gasteiger charge is 2.02. The van der Waals surface area contributed by atoms with E-state index in [1.165, 1.54) is 0 Å². The Morgan fingerprint density at radius 1 is 1.67 bits per heavy atom. The second-order valence-electron chi connectivity index (χ2n) is 2.52. The lowest BCUT2D eigenvalue weighted by atomic mass is 10.1. The Balaban J connectivity index is 3.05. The summed E-state index contributed by atoms with van der Waals surface area (Å²) >= 11 is 0. The van der Waals surface area contributed by atoms with E-state index in [0.717, 1.165) is 11.1 Å². The fourth-order valence-electron chi connectivity index (χ4n) is 1.01. The maximum absolute atomic E-state index is 8.50. The fourth-order valence-corrected chi connectivity index (χ4v) is 1.01. The van der Waals surface area contributed by atoms with E-state index in [2.05, 4.69) is 11.1 Å². The lowest BCUT2D eigenvalue weighted by molar-refractivity contribution is 0.393. The van der Waals surface area contributed by atoms with Gasteiger partial charge < -0.3 is 4.74 Å². The molecular weight excluding hydrogens is 152 g/mol. The summed E-state index contributed by atoms with van der Waals surface area (Å²) < 4.78 is 4.99. The molecule has 0 aromatic carbocycles. The molecule has 1 aromatic rings. The predicted octanol–water partition coefficient (Wildman–Crippen LogP) is 1.46. The van der Waals surface area contributed by atoms with Crippen LogP contribution < -0.4 is 4.74 Å². The fraction of sp³-hybridized carbons (Fsp3) is 0.333. The quantitative estimate of drug-likeness (QED) is 0.661. The Morgan fingerprint density at radius 3 is 3.00 bits per heavy atom. The van der Waals surface area contributed by atoms with Crippen molar-refractivity contribution in [2.75, 3.05) is 7.11 Å². The third-order valence-corrected chi connectivity index (χ3v) is 1.52. The van der Waals surface area contributed by atoms with Gasteiger partial charge in [-0.15, -0.1) is 0 Å². The summed E-state index contributed by atoms with van der Waals surface area (Å²) in [5, 5.41) is 8.50. The van der Waals surface area contributed by atoms with Crippen LogP contribution in [0.15, 0.2) is 12.3 Å². The second kappa shape index (κ2) is 3.72. The van der Waals surface area contributed by atoms with E-state index in [1.54, 1.807) is 13.3 Å². The first-order chi connectivity index (χ1) is 5.77. The summed E-state index contributed by atoms with van der Waals surface area (Å²) in [6, 6.07) is 3.98. The first-order valence-corrected chi connectivity index (χ1v) is 3.64. The van der Waals surface area contributed by atoms with Crippen molar-refractivity contribution in [3.63, 3.8) is 0 Å². The van der Waals surface area contributed by atoms with Gasteiger partial charge in [0.1, 0.15) is 0 Å². The van der Waals surface area contributed by atoms with E-state index in [4.69, 9.17) is 10.00 Å². The molecule has 62 valence electrons. The van der Waals surface area contributed by atoms with Crippen molar-refractivity contribution in [2.24, 2.45) is 0 Å². The van der Waals surface area contributed by atoms with E-state index in [0.29, 0.717) is 12.3 Å². The average molecular weight is 162 g/mol. The second-order valence-corrected chi connectivity index (χ2v) is 2.52. The first kappa shape index (κ1) is 8.54. The number of aryl methyl sites for hydroxylation is 1. The van der Waals surface area contributed by atoms with Crippen LogP contribution in [0.25, 0.3) is 0 Å². The lowest BCUT2D eigenvalue weighted by Gasteiger charge is -2.03. The van der Waals surface area contributed by atoms with Crippen molar-refractivity contribution >= 4 is 0 Å². The Bertz CT molecular complexity index is 315. The van der Waals surface area contributed by atoms with Gasteiger partial charge in [0.25, 0.3) is 0 Å². The topological polar surface area (TPSA) is 45.9 Å². The lowest BCUT2D eigenvalue weighted by Crippen LogP contribution is -1.94. The first-order valence-electron chi connectivity index (χ1n) is 3.64. The minimum Gasteiger partial charge on any atom is -0.481 e. The van der Waals surface area contributed by atoms with Gasteiger partial charge in [0, 0.05) is 11.8 Å². The monoisotopic (exact) mass is 162 g/mol. The number of aromatic nitrogens is 1. The normalized spacial score (nSPS) is 9.08. The molecule has 0 aliphatic carbocycles. The van der Waals surface area contributed by atoms with E-state index < -0.39 is 0 Å². The summed E-state index contributed by atoms with van der Waals surface area (Å²) in [6.07, 6.45) is 2.07. The molecule has 0 saturated heterocycles. The Hall–Kier alpha value is -1.56. The molecule has 0 aliphatic heterocycles. The van der Waals surface area contributed by atoms with E-state index in [-0.39, 0.29) is 0 Å². The molecule has 1 aromatic heterocycles. The highest BCUT2D eigenvalue weighted by atomic mass is 16.5. The molecule has 3 heteroatoms. The smallest absolute Gasteiger partial charge is 0.217 e. The summed E-state index contributed by atoms with van der Waals surface area (Å²) in [4.78, 5) is 4.04. The average Bonchev–Trinajstić information content (AvgIpc) is 2.05. The van der Waals surface area contributed by atoms with Crippen LogP contribution in [0, 0.1) is 18.3 Å². The van der Waals surface area contributed by atoms with Crippen LogP contribution in [-0.4, -0.2) is 12.1 Å². The van der Waals surface area contributed by atoms with Gasteiger partial charge in [0.2, 0.25) is 5.88 Å². The predicted molar refractivity (Wildman–Crippen MR) is 44.8 cm³/mol. The number of pyridine rings is 1. The van der Waals surface area contributed by atoms with E-state index >= 15 is 0 Å². The molecule has 0 fully saturated rings. The zero-order valence-electron chi connectivity index (χ0n) is 7.16. The molecule has 0 unspecified atom stereocenters. The van der Waals surface area contributed by atoms with Crippen LogP contribution in [0.5, 0.6) is 5.88 Å². The van der Waals surface area contributed by atoms with Gasteiger partial charge in [-0.1, -0.05) is 0 Å². The zero-order valence-corrected chi connectivity index (χ0v) is 7.16. The largest absolute Gasteiger partial charge is 0.481 e. The SMILES string of the molecule is COc1ncc(C)cc1CC#N. The minimum atomic E-state index is 0.345. The minimum absolute atomic E-state index is 0.345. The molecule has 0 amide bonds. The third kappa shape index (κ3) is 1.73. The number of methoxy groups -OCH3 is 1. The zero-order chi connectivity index (χ0) is 8.97. The van der Waals surface area contributed by atoms with E-state index in [1.807, 2.05) is 13.0 Å². The van der Waals surface area contributed by atoms with Crippen LogP contribution in [0.4, 0.5) is 0 Å². The molecule has 1 rings (SSSR count). The highest BCUT2D eigenvalue weighted by molar-refractivity contribution is 5.31. The van der Waals surface area contributed by atoms with Crippen molar-refractivity contribution in [3.05, 3.63) is 23.4 Å². The highest BCUT2D eigenvalue weighted by Crippen LogP contribution is 2.15. The van der Waals surface area contributed by atoms with Gasteiger partial charge in [-0.05, 0) is 18.6 Å². The molecule has 12 heavy (non-hydrogen) atoms. The number of hydrogen-bond acceptors (Lipinski definition) is 3. The number of nitriles is 1. The van der Waals surface area contributed by atoms with Crippen LogP contribution in [0.1, 0.15) is 11.1 Å². The molecule has 0 radical (unpaired) electrons. The van der Waals surface area contributed by atoms with Gasteiger partial charge in [-0.3, -0.25) is 0 Å². The van der Waals surface area contributed by atoms with Crippen molar-refractivity contribution in [3.8, 4) is 11.9 Å². The molecule has 0 aliphatic rings. The molecule has 0 bridgehead atoms. The molecular formula is C9H10N2O. The van der Waals surface area contributed by atoms with Gasteiger partial charge in [0.05, 0.1) is 19.6 Å². The van der Waals surface area contributed by atoms with Crippen LogP contribution in [-0.2, 0) is 6.42 Å². The summed E-state index contributed by atoms with van der Waals surface area (Å²) in [5.74, 6) is 0.544. The molecule has 0 N–H and O–H groups in total.